The molecule has 0 bridgehead atoms. The van der Waals surface area contributed by atoms with Crippen LogP contribution in [0.3, 0.4) is 0 Å². The third-order valence-corrected chi connectivity index (χ3v) is 10.9. The Morgan fingerprint density at radius 1 is 0.377 bits per heavy atom. The molecule has 0 aliphatic carbocycles. The second kappa shape index (κ2) is 41.6. The van der Waals surface area contributed by atoms with Gasteiger partial charge >= 0.3 is 17.9 Å². The van der Waals surface area contributed by atoms with E-state index in [-0.39, 0.29) is 31.1 Å². The number of hydrogen-bond donors (Lipinski definition) is 0. The summed E-state index contributed by atoms with van der Waals surface area (Å²) in [5.41, 5.74) is 0. The smallest absolute Gasteiger partial charge is 0.306 e. The van der Waals surface area contributed by atoms with Gasteiger partial charge in [-0.15, -0.1) is 0 Å². The summed E-state index contributed by atoms with van der Waals surface area (Å²) >= 11 is 0. The van der Waals surface area contributed by atoms with Gasteiger partial charge in [-0.25, -0.2) is 0 Å². The molecular formula is C47H90O6. The molecule has 0 aliphatic rings. The number of ether oxygens (including phenoxy) is 3. The van der Waals surface area contributed by atoms with Crippen molar-refractivity contribution in [1.29, 1.82) is 0 Å². The molecule has 2 atom stereocenters. The molecule has 0 aromatic carbocycles. The molecule has 0 radical (unpaired) electrons. The molecule has 314 valence electrons. The van der Waals surface area contributed by atoms with Crippen molar-refractivity contribution in [3.8, 4) is 0 Å². The second-order valence-electron chi connectivity index (χ2n) is 16.3. The maximum atomic E-state index is 12.7. The third kappa shape index (κ3) is 39.9. The topological polar surface area (TPSA) is 78.9 Å². The molecule has 1 unspecified atom stereocenters. The average Bonchev–Trinajstić information content (AvgIpc) is 3.15. The number of carbonyl (C=O) groups is 3. The van der Waals surface area contributed by atoms with Crippen LogP contribution in [-0.4, -0.2) is 37.2 Å². The van der Waals surface area contributed by atoms with Crippen molar-refractivity contribution in [2.24, 2.45) is 5.92 Å². The Hall–Kier alpha value is -1.59. The van der Waals surface area contributed by atoms with Crippen LogP contribution in [-0.2, 0) is 28.6 Å². The van der Waals surface area contributed by atoms with Crippen LogP contribution in [0.25, 0.3) is 0 Å². The molecule has 0 aromatic rings. The summed E-state index contributed by atoms with van der Waals surface area (Å²) in [4.78, 5) is 37.5. The van der Waals surface area contributed by atoms with E-state index in [2.05, 4.69) is 27.7 Å². The first-order valence-electron chi connectivity index (χ1n) is 23.4. The van der Waals surface area contributed by atoms with Gasteiger partial charge in [0.2, 0.25) is 0 Å². The minimum atomic E-state index is -0.758. The normalized spacial score (nSPS) is 12.5. The molecule has 0 saturated heterocycles. The van der Waals surface area contributed by atoms with Gasteiger partial charge in [-0.2, -0.15) is 0 Å². The first-order chi connectivity index (χ1) is 25.9. The fourth-order valence-corrected chi connectivity index (χ4v) is 6.95. The molecule has 0 aromatic heterocycles. The lowest BCUT2D eigenvalue weighted by Gasteiger charge is -2.18. The zero-order valence-electron chi connectivity index (χ0n) is 36.0. The number of carbonyl (C=O) groups excluding carboxylic acids is 3. The Morgan fingerprint density at radius 3 is 0.981 bits per heavy atom. The zero-order chi connectivity index (χ0) is 38.9. The van der Waals surface area contributed by atoms with Gasteiger partial charge in [-0.05, 0) is 25.2 Å². The fourth-order valence-electron chi connectivity index (χ4n) is 6.95. The molecule has 6 heteroatoms. The molecule has 0 rings (SSSR count). The quantitative estimate of drug-likeness (QED) is 0.0351. The summed E-state index contributed by atoms with van der Waals surface area (Å²) in [6.07, 6.45) is 41.1. The van der Waals surface area contributed by atoms with Gasteiger partial charge in [0.25, 0.3) is 0 Å². The maximum Gasteiger partial charge on any atom is 0.306 e. The van der Waals surface area contributed by atoms with Crippen LogP contribution in [0, 0.1) is 5.92 Å². The second-order valence-corrected chi connectivity index (χ2v) is 16.3. The van der Waals surface area contributed by atoms with Crippen molar-refractivity contribution in [3.63, 3.8) is 0 Å². The average molecular weight is 751 g/mol. The van der Waals surface area contributed by atoms with Crippen molar-refractivity contribution >= 4 is 17.9 Å². The monoisotopic (exact) mass is 751 g/mol. The SMILES string of the molecule is CCCCCCCCCCCCCCCCCCC(=O)OC[C@H](COC(=O)CCCCCCC)OC(=O)CCCCCCCCCCCCC(C)CC. The summed E-state index contributed by atoms with van der Waals surface area (Å²) < 4.78 is 16.6. The molecule has 0 spiro atoms. The largest absolute Gasteiger partial charge is 0.462 e. The summed E-state index contributed by atoms with van der Waals surface area (Å²) in [6.45, 7) is 8.95. The zero-order valence-corrected chi connectivity index (χ0v) is 36.0. The Balaban J connectivity index is 4.17. The van der Waals surface area contributed by atoms with E-state index in [1.807, 2.05) is 0 Å². The standard InChI is InChI=1S/C47H90O6/c1-5-8-10-12-13-14-15-16-17-18-19-20-24-27-31-35-39-46(49)52-42-44(41-51-45(48)38-34-29-11-9-6-2)53-47(50)40-36-32-28-25-22-21-23-26-30-33-37-43(4)7-3/h43-44H,5-42H2,1-4H3/t43?,44-/m0/s1. The third-order valence-electron chi connectivity index (χ3n) is 10.9. The summed E-state index contributed by atoms with van der Waals surface area (Å²) in [5.74, 6) is 0.00112. The van der Waals surface area contributed by atoms with Crippen molar-refractivity contribution in [2.45, 2.75) is 265 Å². The van der Waals surface area contributed by atoms with Crippen LogP contribution in [0.4, 0.5) is 0 Å². The fraction of sp³-hybridized carbons (Fsp3) is 0.936. The Bertz CT molecular complexity index is 798. The maximum absolute atomic E-state index is 12.7. The predicted molar refractivity (Wildman–Crippen MR) is 224 cm³/mol. The lowest BCUT2D eigenvalue weighted by atomic mass is 9.99. The molecule has 0 N–H and O–H groups in total. The van der Waals surface area contributed by atoms with Crippen LogP contribution in [0.1, 0.15) is 259 Å². The minimum absolute atomic E-state index is 0.0646. The molecule has 0 aliphatic heterocycles. The van der Waals surface area contributed by atoms with Crippen LogP contribution in [0.2, 0.25) is 0 Å². The van der Waals surface area contributed by atoms with E-state index in [0.717, 1.165) is 70.1 Å². The van der Waals surface area contributed by atoms with Gasteiger partial charge in [-0.3, -0.25) is 14.4 Å². The van der Waals surface area contributed by atoms with Gasteiger partial charge in [0.05, 0.1) is 0 Å². The van der Waals surface area contributed by atoms with E-state index in [1.54, 1.807) is 0 Å². The highest BCUT2D eigenvalue weighted by atomic mass is 16.6. The molecule has 0 heterocycles. The number of unbranched alkanes of at least 4 members (excludes halogenated alkanes) is 28. The van der Waals surface area contributed by atoms with E-state index >= 15 is 0 Å². The Kier molecular flexibility index (Phi) is 40.3. The predicted octanol–water partition coefficient (Wildman–Crippen LogP) is 14.7. The minimum Gasteiger partial charge on any atom is -0.462 e. The molecule has 6 nitrogen and oxygen atoms in total. The van der Waals surface area contributed by atoms with Crippen LogP contribution < -0.4 is 0 Å². The molecule has 0 saturated carbocycles. The van der Waals surface area contributed by atoms with E-state index in [4.69, 9.17) is 14.2 Å². The highest BCUT2D eigenvalue weighted by Crippen LogP contribution is 2.17. The van der Waals surface area contributed by atoms with Crippen LogP contribution in [0.15, 0.2) is 0 Å². The van der Waals surface area contributed by atoms with Crippen molar-refractivity contribution in [1.82, 2.24) is 0 Å². The van der Waals surface area contributed by atoms with Crippen molar-refractivity contribution in [3.05, 3.63) is 0 Å². The van der Waals surface area contributed by atoms with Gasteiger partial charge in [0, 0.05) is 19.3 Å². The Labute approximate surface area is 329 Å². The first kappa shape index (κ1) is 51.4. The van der Waals surface area contributed by atoms with Crippen LogP contribution >= 0.6 is 0 Å². The number of esters is 3. The molecular weight excluding hydrogens is 661 g/mol. The van der Waals surface area contributed by atoms with Gasteiger partial charge in [0.1, 0.15) is 13.2 Å². The molecule has 0 amide bonds. The lowest BCUT2D eigenvalue weighted by molar-refractivity contribution is -0.167. The van der Waals surface area contributed by atoms with Gasteiger partial charge in [-0.1, -0.05) is 220 Å². The van der Waals surface area contributed by atoms with E-state index in [9.17, 15) is 14.4 Å². The van der Waals surface area contributed by atoms with Gasteiger partial charge in [0.15, 0.2) is 6.10 Å². The van der Waals surface area contributed by atoms with Crippen LogP contribution in [0.5, 0.6) is 0 Å². The first-order valence-corrected chi connectivity index (χ1v) is 23.4. The summed E-state index contributed by atoms with van der Waals surface area (Å²) in [5, 5.41) is 0. The van der Waals surface area contributed by atoms with E-state index in [1.165, 1.54) is 148 Å². The van der Waals surface area contributed by atoms with Gasteiger partial charge < -0.3 is 14.2 Å². The Morgan fingerprint density at radius 2 is 0.660 bits per heavy atom. The number of hydrogen-bond acceptors (Lipinski definition) is 6. The summed E-state index contributed by atoms with van der Waals surface area (Å²) in [6, 6.07) is 0. The van der Waals surface area contributed by atoms with E-state index < -0.39 is 6.10 Å². The lowest BCUT2D eigenvalue weighted by Crippen LogP contribution is -2.30. The molecule has 0 fully saturated rings. The highest BCUT2D eigenvalue weighted by Gasteiger charge is 2.19. The molecule has 53 heavy (non-hydrogen) atoms. The summed E-state index contributed by atoms with van der Waals surface area (Å²) in [7, 11) is 0. The number of rotatable bonds is 42. The highest BCUT2D eigenvalue weighted by molar-refractivity contribution is 5.71. The van der Waals surface area contributed by atoms with E-state index in [0.29, 0.717) is 19.3 Å². The van der Waals surface area contributed by atoms with Crippen molar-refractivity contribution in [2.75, 3.05) is 13.2 Å². The van der Waals surface area contributed by atoms with Crippen molar-refractivity contribution < 1.29 is 28.6 Å².